The number of rotatable bonds is 2. The van der Waals surface area contributed by atoms with Gasteiger partial charge in [0.1, 0.15) is 17.3 Å². The molecule has 0 aliphatic rings. The van der Waals surface area contributed by atoms with E-state index in [-0.39, 0.29) is 11.4 Å². The first-order chi connectivity index (χ1) is 10.0. The van der Waals surface area contributed by atoms with E-state index in [1.165, 1.54) is 29.1 Å². The van der Waals surface area contributed by atoms with Gasteiger partial charge in [0.05, 0.1) is 17.6 Å². The van der Waals surface area contributed by atoms with Crippen molar-refractivity contribution < 1.29 is 8.78 Å². The lowest BCUT2D eigenvalue weighted by molar-refractivity contribution is 0.625. The molecule has 0 radical (unpaired) electrons. The molecule has 21 heavy (non-hydrogen) atoms. The maximum atomic E-state index is 13.9. The molecule has 2 N–H and O–H groups in total. The Kier molecular flexibility index (Phi) is 3.47. The maximum absolute atomic E-state index is 13.9. The highest BCUT2D eigenvalue weighted by Crippen LogP contribution is 2.30. The van der Waals surface area contributed by atoms with Crippen LogP contribution in [-0.2, 0) is 0 Å². The van der Waals surface area contributed by atoms with Crippen LogP contribution in [0.2, 0.25) is 0 Å². The number of hydrogen-bond acceptors (Lipinski definition) is 2. The highest BCUT2D eigenvalue weighted by molar-refractivity contribution is 9.10. The second-order valence-corrected chi connectivity index (χ2v) is 5.40. The summed E-state index contributed by atoms with van der Waals surface area (Å²) in [5.41, 5.74) is 7.35. The zero-order chi connectivity index (χ0) is 15.0. The highest BCUT2D eigenvalue weighted by atomic mass is 79.9. The Morgan fingerprint density at radius 3 is 2.67 bits per heavy atom. The van der Waals surface area contributed by atoms with Crippen LogP contribution in [0.4, 0.5) is 14.5 Å². The summed E-state index contributed by atoms with van der Waals surface area (Å²) in [4.78, 5) is 0. The molecule has 1 heterocycles. The largest absolute Gasteiger partial charge is 0.396 e. The molecule has 0 spiro atoms. The van der Waals surface area contributed by atoms with Crippen LogP contribution in [0.25, 0.3) is 16.9 Å². The topological polar surface area (TPSA) is 43.8 Å². The lowest BCUT2D eigenvalue weighted by Crippen LogP contribution is -1.96. The summed E-state index contributed by atoms with van der Waals surface area (Å²) in [7, 11) is 0. The van der Waals surface area contributed by atoms with Crippen molar-refractivity contribution in [2.45, 2.75) is 0 Å². The molecule has 0 saturated heterocycles. The third kappa shape index (κ3) is 2.67. The number of anilines is 1. The van der Waals surface area contributed by atoms with Crippen molar-refractivity contribution in [2.24, 2.45) is 0 Å². The lowest BCUT2D eigenvalue weighted by Gasteiger charge is -2.02. The molecule has 0 amide bonds. The van der Waals surface area contributed by atoms with Crippen LogP contribution >= 0.6 is 15.9 Å². The molecule has 2 aromatic carbocycles. The molecular weight excluding hydrogens is 340 g/mol. The molecule has 0 bridgehead atoms. The third-order valence-electron chi connectivity index (χ3n) is 3.00. The standard InChI is InChI=1S/C15H10BrF2N3/c16-9-4-5-13(18)12(6-9)15-14(19)8-21(20-15)11-3-1-2-10(17)7-11/h1-8H,19H2. The number of nitrogens with zero attached hydrogens (tertiary/aromatic N) is 2. The molecule has 0 saturated carbocycles. The first-order valence-corrected chi connectivity index (χ1v) is 6.90. The predicted octanol–water partition coefficient (Wildman–Crippen LogP) is 4.16. The normalized spacial score (nSPS) is 10.8. The number of benzene rings is 2. The van der Waals surface area contributed by atoms with Gasteiger partial charge in [0, 0.05) is 10.0 Å². The molecule has 0 unspecified atom stereocenters. The summed E-state index contributed by atoms with van der Waals surface area (Å²) in [6.07, 6.45) is 1.53. The quantitative estimate of drug-likeness (QED) is 0.754. The van der Waals surface area contributed by atoms with Crippen molar-refractivity contribution in [3.05, 3.63) is 64.8 Å². The Hall–Kier alpha value is -2.21. The molecule has 3 rings (SSSR count). The second kappa shape index (κ2) is 5.29. The molecule has 106 valence electrons. The number of hydrogen-bond donors (Lipinski definition) is 1. The molecular formula is C15H10BrF2N3. The van der Waals surface area contributed by atoms with Gasteiger partial charge in [-0.25, -0.2) is 13.5 Å². The molecule has 0 atom stereocenters. The van der Waals surface area contributed by atoms with E-state index < -0.39 is 5.82 Å². The second-order valence-electron chi connectivity index (χ2n) is 4.48. The van der Waals surface area contributed by atoms with Crippen molar-refractivity contribution in [1.29, 1.82) is 0 Å². The SMILES string of the molecule is Nc1cn(-c2cccc(F)c2)nc1-c1cc(Br)ccc1F. The van der Waals surface area contributed by atoms with Crippen LogP contribution in [0.5, 0.6) is 0 Å². The third-order valence-corrected chi connectivity index (χ3v) is 3.49. The van der Waals surface area contributed by atoms with Gasteiger partial charge in [-0.05, 0) is 36.4 Å². The summed E-state index contributed by atoms with van der Waals surface area (Å²) in [6.45, 7) is 0. The fraction of sp³-hybridized carbons (Fsp3) is 0. The van der Waals surface area contributed by atoms with Crippen molar-refractivity contribution in [1.82, 2.24) is 9.78 Å². The number of aromatic nitrogens is 2. The monoisotopic (exact) mass is 349 g/mol. The van der Waals surface area contributed by atoms with Crippen LogP contribution in [0.3, 0.4) is 0 Å². The van der Waals surface area contributed by atoms with Gasteiger partial charge < -0.3 is 5.73 Å². The van der Waals surface area contributed by atoms with Gasteiger partial charge in [-0.15, -0.1) is 0 Å². The average molecular weight is 350 g/mol. The minimum absolute atomic E-state index is 0.289. The Morgan fingerprint density at radius 2 is 1.90 bits per heavy atom. The van der Waals surface area contributed by atoms with E-state index in [4.69, 9.17) is 5.73 Å². The minimum Gasteiger partial charge on any atom is -0.396 e. The van der Waals surface area contributed by atoms with Gasteiger partial charge in [0.15, 0.2) is 0 Å². The smallest absolute Gasteiger partial charge is 0.132 e. The van der Waals surface area contributed by atoms with E-state index in [1.54, 1.807) is 24.3 Å². The number of halogens is 3. The zero-order valence-electron chi connectivity index (χ0n) is 10.7. The molecule has 0 fully saturated rings. The first kappa shape index (κ1) is 13.8. The predicted molar refractivity (Wildman–Crippen MR) is 81.0 cm³/mol. The fourth-order valence-corrected chi connectivity index (χ4v) is 2.39. The lowest BCUT2D eigenvalue weighted by atomic mass is 10.1. The zero-order valence-corrected chi connectivity index (χ0v) is 12.3. The van der Waals surface area contributed by atoms with Crippen molar-refractivity contribution in [3.8, 4) is 16.9 Å². The van der Waals surface area contributed by atoms with Crippen molar-refractivity contribution in [3.63, 3.8) is 0 Å². The van der Waals surface area contributed by atoms with Gasteiger partial charge in [-0.1, -0.05) is 22.0 Å². The van der Waals surface area contributed by atoms with Gasteiger partial charge in [-0.2, -0.15) is 5.10 Å². The molecule has 3 nitrogen and oxygen atoms in total. The van der Waals surface area contributed by atoms with E-state index >= 15 is 0 Å². The average Bonchev–Trinajstić information content (AvgIpc) is 2.83. The molecule has 3 aromatic rings. The van der Waals surface area contributed by atoms with Crippen molar-refractivity contribution in [2.75, 3.05) is 5.73 Å². The van der Waals surface area contributed by atoms with Gasteiger partial charge in [-0.3, -0.25) is 0 Å². The fourth-order valence-electron chi connectivity index (χ4n) is 2.03. The van der Waals surface area contributed by atoms with E-state index in [9.17, 15) is 8.78 Å². The van der Waals surface area contributed by atoms with Crippen LogP contribution < -0.4 is 5.73 Å². The number of nitrogens with two attached hydrogens (primary N) is 1. The summed E-state index contributed by atoms with van der Waals surface area (Å²) < 4.78 is 29.3. The van der Waals surface area contributed by atoms with Crippen LogP contribution in [0.1, 0.15) is 0 Å². The van der Waals surface area contributed by atoms with Gasteiger partial charge in [0.2, 0.25) is 0 Å². The molecule has 6 heteroatoms. The van der Waals surface area contributed by atoms with Gasteiger partial charge in [0.25, 0.3) is 0 Å². The van der Waals surface area contributed by atoms with Gasteiger partial charge >= 0.3 is 0 Å². The Bertz CT molecular complexity index is 814. The van der Waals surface area contributed by atoms with E-state index in [1.807, 2.05) is 0 Å². The Balaban J connectivity index is 2.12. The summed E-state index contributed by atoms with van der Waals surface area (Å²) in [5.74, 6) is -0.800. The Labute approximate surface area is 128 Å². The van der Waals surface area contributed by atoms with E-state index in [0.717, 1.165) is 4.47 Å². The van der Waals surface area contributed by atoms with E-state index in [2.05, 4.69) is 21.0 Å². The molecule has 0 aliphatic carbocycles. The van der Waals surface area contributed by atoms with Crippen LogP contribution in [0.15, 0.2) is 53.1 Å². The Morgan fingerprint density at radius 1 is 1.10 bits per heavy atom. The maximum Gasteiger partial charge on any atom is 0.132 e. The minimum atomic E-state index is -0.422. The van der Waals surface area contributed by atoms with Crippen molar-refractivity contribution >= 4 is 21.6 Å². The summed E-state index contributed by atoms with van der Waals surface area (Å²) in [5, 5.41) is 4.26. The van der Waals surface area contributed by atoms with Crippen LogP contribution in [-0.4, -0.2) is 9.78 Å². The summed E-state index contributed by atoms with van der Waals surface area (Å²) in [6, 6.07) is 10.5. The summed E-state index contributed by atoms with van der Waals surface area (Å²) >= 11 is 3.29. The first-order valence-electron chi connectivity index (χ1n) is 6.11. The highest BCUT2D eigenvalue weighted by Gasteiger charge is 2.14. The molecule has 1 aromatic heterocycles. The van der Waals surface area contributed by atoms with Crippen LogP contribution in [0, 0.1) is 11.6 Å². The molecule has 0 aliphatic heterocycles. The van der Waals surface area contributed by atoms with E-state index in [0.29, 0.717) is 17.1 Å². The number of nitrogen functional groups attached to an aromatic ring is 1.